The van der Waals surface area contributed by atoms with Gasteiger partial charge in [0.15, 0.2) is 12.4 Å². The standard InChI is InChI=1S/C26H21BrFN5O6/c1-3-38-23-10-16(13-29-32-15(2)30-21-8-7-17(27)11-20(21)26(32)35)9-22(33(36)37)25(23)39-14-24(34)31-19-6-4-5-18(28)12-19/h4-13H,3,14H2,1-2H3,(H,31,34). The van der Waals surface area contributed by atoms with Gasteiger partial charge in [-0.1, -0.05) is 22.0 Å². The number of benzene rings is 3. The predicted molar refractivity (Wildman–Crippen MR) is 146 cm³/mol. The van der Waals surface area contributed by atoms with Crippen LogP contribution in [0.4, 0.5) is 15.8 Å². The molecule has 0 saturated carbocycles. The number of fused-ring (bicyclic) bond motifs is 1. The molecule has 4 aromatic rings. The Labute approximate surface area is 229 Å². The number of rotatable bonds is 9. The molecule has 1 amide bonds. The molecule has 0 saturated heterocycles. The van der Waals surface area contributed by atoms with Gasteiger partial charge in [0.2, 0.25) is 5.75 Å². The fraction of sp³-hybridized carbons (Fsp3) is 0.154. The first-order valence-corrected chi connectivity index (χ1v) is 12.3. The van der Waals surface area contributed by atoms with Crippen molar-refractivity contribution in [3.05, 3.63) is 96.7 Å². The van der Waals surface area contributed by atoms with Crippen molar-refractivity contribution in [2.45, 2.75) is 13.8 Å². The molecular weight excluding hydrogens is 577 g/mol. The molecule has 1 heterocycles. The third-order valence-electron chi connectivity index (χ3n) is 5.30. The van der Waals surface area contributed by atoms with E-state index in [1.54, 1.807) is 32.0 Å². The van der Waals surface area contributed by atoms with Gasteiger partial charge in [0.25, 0.3) is 11.5 Å². The van der Waals surface area contributed by atoms with Crippen molar-refractivity contribution in [3.8, 4) is 11.5 Å². The Morgan fingerprint density at radius 2 is 2.03 bits per heavy atom. The Hall–Kier alpha value is -4.65. The summed E-state index contributed by atoms with van der Waals surface area (Å²) in [6.45, 7) is 2.83. The summed E-state index contributed by atoms with van der Waals surface area (Å²) >= 11 is 3.33. The highest BCUT2D eigenvalue weighted by Crippen LogP contribution is 2.38. The van der Waals surface area contributed by atoms with Gasteiger partial charge in [-0.3, -0.25) is 19.7 Å². The van der Waals surface area contributed by atoms with Crippen LogP contribution < -0.4 is 20.3 Å². The second kappa shape index (κ2) is 11.8. The molecule has 0 fully saturated rings. The number of hydrogen-bond donors (Lipinski definition) is 1. The second-order valence-electron chi connectivity index (χ2n) is 8.09. The third-order valence-corrected chi connectivity index (χ3v) is 5.80. The lowest BCUT2D eigenvalue weighted by Gasteiger charge is -2.13. The molecule has 3 aromatic carbocycles. The molecule has 1 aromatic heterocycles. The average Bonchev–Trinajstić information content (AvgIpc) is 2.88. The molecule has 39 heavy (non-hydrogen) atoms. The maximum atomic E-state index is 13.4. The van der Waals surface area contributed by atoms with E-state index < -0.39 is 34.5 Å². The molecule has 11 nitrogen and oxygen atoms in total. The van der Waals surface area contributed by atoms with Crippen molar-refractivity contribution in [1.29, 1.82) is 0 Å². The van der Waals surface area contributed by atoms with E-state index in [1.807, 2.05) is 0 Å². The summed E-state index contributed by atoms with van der Waals surface area (Å²) in [6, 6.07) is 13.0. The molecule has 200 valence electrons. The molecule has 0 aliphatic rings. The first kappa shape index (κ1) is 27.4. The number of nitro benzene ring substituents is 1. The topological polar surface area (TPSA) is 138 Å². The highest BCUT2D eigenvalue weighted by molar-refractivity contribution is 9.10. The van der Waals surface area contributed by atoms with Crippen molar-refractivity contribution in [3.63, 3.8) is 0 Å². The minimum Gasteiger partial charge on any atom is -0.490 e. The van der Waals surface area contributed by atoms with E-state index in [0.717, 1.165) is 10.7 Å². The van der Waals surface area contributed by atoms with Gasteiger partial charge < -0.3 is 14.8 Å². The van der Waals surface area contributed by atoms with Gasteiger partial charge in [0.1, 0.15) is 11.6 Å². The monoisotopic (exact) mass is 597 g/mol. The first-order chi connectivity index (χ1) is 18.7. The average molecular weight is 598 g/mol. The van der Waals surface area contributed by atoms with Crippen LogP contribution in [0.15, 0.2) is 69.0 Å². The van der Waals surface area contributed by atoms with Crippen molar-refractivity contribution in [2.75, 3.05) is 18.5 Å². The lowest BCUT2D eigenvalue weighted by molar-refractivity contribution is -0.385. The predicted octanol–water partition coefficient (Wildman–Crippen LogP) is 4.81. The zero-order valence-corrected chi connectivity index (χ0v) is 22.3. The van der Waals surface area contributed by atoms with Gasteiger partial charge in [-0.05, 0) is 56.3 Å². The van der Waals surface area contributed by atoms with Gasteiger partial charge in [-0.2, -0.15) is 9.78 Å². The summed E-state index contributed by atoms with van der Waals surface area (Å²) in [6.07, 6.45) is 1.26. The molecule has 4 rings (SSSR count). The quantitative estimate of drug-likeness (QED) is 0.166. The highest BCUT2D eigenvalue weighted by atomic mass is 79.9. The molecule has 0 unspecified atom stereocenters. The van der Waals surface area contributed by atoms with E-state index in [1.165, 1.54) is 36.5 Å². The zero-order valence-electron chi connectivity index (χ0n) is 20.7. The van der Waals surface area contributed by atoms with E-state index in [4.69, 9.17) is 9.47 Å². The molecular formula is C26H21BrFN5O6. The summed E-state index contributed by atoms with van der Waals surface area (Å²) < 4.78 is 26.2. The van der Waals surface area contributed by atoms with E-state index in [-0.39, 0.29) is 29.4 Å². The number of ether oxygens (including phenoxy) is 2. The first-order valence-electron chi connectivity index (χ1n) is 11.5. The van der Waals surface area contributed by atoms with Gasteiger partial charge >= 0.3 is 5.69 Å². The van der Waals surface area contributed by atoms with E-state index in [0.29, 0.717) is 21.2 Å². The number of halogens is 2. The summed E-state index contributed by atoms with van der Waals surface area (Å²) in [5.41, 5.74) is 0.0481. The fourth-order valence-electron chi connectivity index (χ4n) is 3.65. The second-order valence-corrected chi connectivity index (χ2v) is 9.00. The summed E-state index contributed by atoms with van der Waals surface area (Å²) in [7, 11) is 0. The van der Waals surface area contributed by atoms with Crippen LogP contribution in [0.5, 0.6) is 11.5 Å². The van der Waals surface area contributed by atoms with Crippen LogP contribution >= 0.6 is 15.9 Å². The Morgan fingerprint density at radius 3 is 2.74 bits per heavy atom. The van der Waals surface area contributed by atoms with Crippen molar-refractivity contribution in [1.82, 2.24) is 9.66 Å². The number of carbonyl (C=O) groups is 1. The van der Waals surface area contributed by atoms with Crippen LogP contribution in [0.25, 0.3) is 10.9 Å². The maximum absolute atomic E-state index is 13.4. The molecule has 0 aliphatic carbocycles. The number of nitrogens with one attached hydrogen (secondary N) is 1. The van der Waals surface area contributed by atoms with Gasteiger partial charge in [0, 0.05) is 21.8 Å². The zero-order chi connectivity index (χ0) is 28.1. The maximum Gasteiger partial charge on any atom is 0.315 e. The van der Waals surface area contributed by atoms with Crippen molar-refractivity contribution >= 4 is 50.3 Å². The number of hydrogen-bond acceptors (Lipinski definition) is 8. The van der Waals surface area contributed by atoms with Crippen LogP contribution in [0.3, 0.4) is 0 Å². The number of anilines is 1. The summed E-state index contributed by atoms with van der Waals surface area (Å²) in [5, 5.41) is 18.9. The Kier molecular flexibility index (Phi) is 8.30. The van der Waals surface area contributed by atoms with Crippen LogP contribution in [0.1, 0.15) is 18.3 Å². The fourth-order valence-corrected chi connectivity index (χ4v) is 4.01. The minimum absolute atomic E-state index is 0.00339. The van der Waals surface area contributed by atoms with Gasteiger partial charge in [-0.15, -0.1) is 0 Å². The molecule has 0 radical (unpaired) electrons. The number of carbonyl (C=O) groups excluding carboxylic acids is 1. The van der Waals surface area contributed by atoms with E-state index in [9.17, 15) is 24.1 Å². The van der Waals surface area contributed by atoms with Crippen LogP contribution in [-0.2, 0) is 4.79 Å². The largest absolute Gasteiger partial charge is 0.490 e. The number of amides is 1. The highest BCUT2D eigenvalue weighted by Gasteiger charge is 2.23. The molecule has 13 heteroatoms. The van der Waals surface area contributed by atoms with Gasteiger partial charge in [-0.25, -0.2) is 9.37 Å². The number of aryl methyl sites for hydroxylation is 1. The van der Waals surface area contributed by atoms with Crippen LogP contribution in [-0.4, -0.2) is 39.9 Å². The number of nitro groups is 1. The lowest BCUT2D eigenvalue weighted by atomic mass is 10.2. The van der Waals surface area contributed by atoms with Crippen molar-refractivity contribution in [2.24, 2.45) is 5.10 Å². The Bertz CT molecular complexity index is 1670. The summed E-state index contributed by atoms with van der Waals surface area (Å²) in [5.74, 6) is -1.15. The Balaban J connectivity index is 1.64. The Morgan fingerprint density at radius 1 is 1.23 bits per heavy atom. The van der Waals surface area contributed by atoms with Crippen molar-refractivity contribution < 1.29 is 23.6 Å². The lowest BCUT2D eigenvalue weighted by Crippen LogP contribution is -2.21. The van der Waals surface area contributed by atoms with Crippen LogP contribution in [0, 0.1) is 22.9 Å². The molecule has 1 N–H and O–H groups in total. The molecule has 0 atom stereocenters. The van der Waals surface area contributed by atoms with Crippen LogP contribution in [0.2, 0.25) is 0 Å². The van der Waals surface area contributed by atoms with Gasteiger partial charge in [0.05, 0.1) is 28.6 Å². The summed E-state index contributed by atoms with van der Waals surface area (Å²) in [4.78, 5) is 40.9. The molecule has 0 spiro atoms. The number of nitrogens with zero attached hydrogens (tertiary/aromatic N) is 4. The smallest absolute Gasteiger partial charge is 0.315 e. The number of aromatic nitrogens is 2. The van der Waals surface area contributed by atoms with E-state index in [2.05, 4.69) is 31.3 Å². The SMILES string of the molecule is CCOc1cc(C=Nn2c(C)nc3ccc(Br)cc3c2=O)cc([N+](=O)[O-])c1OCC(=O)Nc1cccc(F)c1. The third kappa shape index (κ3) is 6.44. The molecule has 0 bridgehead atoms. The van der Waals surface area contributed by atoms with E-state index >= 15 is 0 Å². The minimum atomic E-state index is -0.688. The normalized spacial score (nSPS) is 11.1. The molecule has 0 aliphatic heterocycles.